The summed E-state index contributed by atoms with van der Waals surface area (Å²) in [4.78, 5) is 32.1. The number of anilines is 1. The van der Waals surface area contributed by atoms with Gasteiger partial charge in [0.1, 0.15) is 11.0 Å². The van der Waals surface area contributed by atoms with Gasteiger partial charge in [-0.1, -0.05) is 29.4 Å². The van der Waals surface area contributed by atoms with E-state index in [-0.39, 0.29) is 24.3 Å². The Bertz CT molecular complexity index is 1020. The van der Waals surface area contributed by atoms with E-state index in [1.807, 2.05) is 38.1 Å². The highest BCUT2D eigenvalue weighted by Crippen LogP contribution is 2.39. The van der Waals surface area contributed by atoms with Gasteiger partial charge >= 0.3 is 0 Å². The molecule has 1 aliphatic carbocycles. The van der Waals surface area contributed by atoms with Crippen LogP contribution in [0, 0.1) is 6.92 Å². The average Bonchev–Trinajstić information content (AvgIpc) is 3.53. The van der Waals surface area contributed by atoms with Crippen LogP contribution in [0.4, 0.5) is 11.4 Å². The van der Waals surface area contributed by atoms with Crippen LogP contribution in [0.3, 0.4) is 0 Å². The minimum Gasteiger partial charge on any atom is -0.494 e. The highest BCUT2D eigenvalue weighted by atomic mass is 35.5. The molecule has 0 aromatic heterocycles. The summed E-state index contributed by atoms with van der Waals surface area (Å²) in [6, 6.07) is 13.0. The van der Waals surface area contributed by atoms with Crippen molar-refractivity contribution in [2.24, 2.45) is 4.99 Å². The number of carbonyl (C=O) groups excluding carboxylic acids is 2. The van der Waals surface area contributed by atoms with Gasteiger partial charge in [-0.05, 0) is 68.7 Å². The Labute approximate surface area is 191 Å². The van der Waals surface area contributed by atoms with Crippen molar-refractivity contribution in [3.63, 3.8) is 0 Å². The Balaban J connectivity index is 1.47. The summed E-state index contributed by atoms with van der Waals surface area (Å²) in [6.07, 6.45) is 2.02. The maximum absolute atomic E-state index is 13.0. The number of thioether (sulfide) groups is 1. The highest BCUT2D eigenvalue weighted by molar-refractivity contribution is 8.15. The van der Waals surface area contributed by atoms with Crippen LogP contribution in [-0.2, 0) is 9.59 Å². The maximum atomic E-state index is 13.0. The van der Waals surface area contributed by atoms with Crippen molar-refractivity contribution in [2.45, 2.75) is 44.4 Å². The maximum Gasteiger partial charge on any atom is 0.242 e. The Morgan fingerprint density at radius 3 is 2.68 bits per heavy atom. The largest absolute Gasteiger partial charge is 0.494 e. The number of hydrogen-bond acceptors (Lipinski definition) is 5. The van der Waals surface area contributed by atoms with E-state index in [1.165, 1.54) is 11.8 Å². The number of amides is 2. The quantitative estimate of drug-likeness (QED) is 0.622. The molecule has 1 saturated carbocycles. The molecule has 0 bridgehead atoms. The number of halogens is 1. The van der Waals surface area contributed by atoms with Crippen molar-refractivity contribution >= 4 is 51.7 Å². The number of nitrogens with one attached hydrogen (secondary N) is 1. The minimum absolute atomic E-state index is 0.0462. The Morgan fingerprint density at radius 2 is 2.00 bits per heavy atom. The molecule has 2 fully saturated rings. The fourth-order valence-electron chi connectivity index (χ4n) is 3.37. The normalized spacial score (nSPS) is 19.7. The van der Waals surface area contributed by atoms with Crippen molar-refractivity contribution in [1.29, 1.82) is 0 Å². The lowest BCUT2D eigenvalue weighted by Gasteiger charge is -2.15. The number of rotatable bonds is 7. The third kappa shape index (κ3) is 5.05. The zero-order valence-electron chi connectivity index (χ0n) is 17.4. The van der Waals surface area contributed by atoms with Gasteiger partial charge in [0.2, 0.25) is 11.8 Å². The topological polar surface area (TPSA) is 71.0 Å². The Hall–Kier alpha value is -2.51. The van der Waals surface area contributed by atoms with Gasteiger partial charge in [-0.25, -0.2) is 4.99 Å². The molecule has 2 aliphatic rings. The number of benzene rings is 2. The summed E-state index contributed by atoms with van der Waals surface area (Å²) in [6.45, 7) is 4.39. The number of amidine groups is 1. The van der Waals surface area contributed by atoms with Crippen LogP contribution in [0.2, 0.25) is 5.02 Å². The zero-order valence-corrected chi connectivity index (χ0v) is 19.0. The van der Waals surface area contributed by atoms with E-state index in [0.29, 0.717) is 22.5 Å². The second-order valence-electron chi connectivity index (χ2n) is 7.53. The van der Waals surface area contributed by atoms with E-state index in [1.54, 1.807) is 23.1 Å². The number of carbonyl (C=O) groups is 2. The third-order valence-electron chi connectivity index (χ3n) is 5.16. The first-order valence-electron chi connectivity index (χ1n) is 10.3. The van der Waals surface area contributed by atoms with Crippen LogP contribution in [0.5, 0.6) is 5.75 Å². The molecule has 1 saturated heterocycles. The van der Waals surface area contributed by atoms with Crippen LogP contribution < -0.4 is 10.1 Å². The molecule has 2 amide bonds. The summed E-state index contributed by atoms with van der Waals surface area (Å²) < 4.78 is 5.47. The van der Waals surface area contributed by atoms with Crippen LogP contribution in [-0.4, -0.2) is 39.8 Å². The molecule has 2 aromatic rings. The molecule has 2 aromatic carbocycles. The lowest BCUT2D eigenvalue weighted by molar-refractivity contribution is -0.128. The second-order valence-corrected chi connectivity index (χ2v) is 9.11. The highest BCUT2D eigenvalue weighted by Gasteiger charge is 2.46. The average molecular weight is 458 g/mol. The van der Waals surface area contributed by atoms with Crippen molar-refractivity contribution in [3.8, 4) is 5.75 Å². The van der Waals surface area contributed by atoms with E-state index in [4.69, 9.17) is 21.3 Å². The van der Waals surface area contributed by atoms with Gasteiger partial charge in [0.25, 0.3) is 0 Å². The van der Waals surface area contributed by atoms with E-state index < -0.39 is 5.25 Å². The molecule has 4 rings (SSSR count). The molecule has 0 radical (unpaired) electrons. The third-order valence-corrected chi connectivity index (χ3v) is 6.72. The number of ether oxygens (including phenoxy) is 1. The molecule has 1 unspecified atom stereocenters. The van der Waals surface area contributed by atoms with Gasteiger partial charge in [-0.3, -0.25) is 14.5 Å². The molecule has 162 valence electrons. The summed E-state index contributed by atoms with van der Waals surface area (Å²) >= 11 is 7.49. The number of hydrogen-bond donors (Lipinski definition) is 1. The SMILES string of the molecule is CCOc1ccc(N=C2SC(CC(=O)Nc3cccc(Cl)c3C)C(=O)N2C2CC2)cc1. The Morgan fingerprint density at radius 1 is 1.26 bits per heavy atom. The summed E-state index contributed by atoms with van der Waals surface area (Å²) in [7, 11) is 0. The van der Waals surface area contributed by atoms with Gasteiger partial charge in [-0.15, -0.1) is 0 Å². The fourth-order valence-corrected chi connectivity index (χ4v) is 4.76. The van der Waals surface area contributed by atoms with Crippen LogP contribution in [0.1, 0.15) is 31.7 Å². The number of aliphatic imine (C=N–C) groups is 1. The smallest absolute Gasteiger partial charge is 0.242 e. The molecule has 1 aliphatic heterocycles. The predicted molar refractivity (Wildman–Crippen MR) is 125 cm³/mol. The lowest BCUT2D eigenvalue weighted by Crippen LogP contribution is -2.35. The molecule has 1 N–H and O–H groups in total. The molecule has 0 spiro atoms. The van der Waals surface area contributed by atoms with Gasteiger partial charge in [0.15, 0.2) is 5.17 Å². The second kappa shape index (κ2) is 9.32. The minimum atomic E-state index is -0.485. The molecule has 6 nitrogen and oxygen atoms in total. The first-order chi connectivity index (χ1) is 15.0. The first kappa shape index (κ1) is 21.7. The van der Waals surface area contributed by atoms with Crippen molar-refractivity contribution < 1.29 is 14.3 Å². The molecule has 31 heavy (non-hydrogen) atoms. The summed E-state index contributed by atoms with van der Waals surface area (Å²) in [5, 5.41) is 3.65. The molecule has 8 heteroatoms. The monoisotopic (exact) mass is 457 g/mol. The van der Waals surface area contributed by atoms with Crippen molar-refractivity contribution in [1.82, 2.24) is 4.90 Å². The van der Waals surface area contributed by atoms with E-state index in [9.17, 15) is 9.59 Å². The molecule has 1 heterocycles. The fraction of sp³-hybridized carbons (Fsp3) is 0.348. The van der Waals surface area contributed by atoms with E-state index in [0.717, 1.165) is 29.8 Å². The van der Waals surface area contributed by atoms with Crippen LogP contribution in [0.15, 0.2) is 47.5 Å². The van der Waals surface area contributed by atoms with Gasteiger partial charge in [-0.2, -0.15) is 0 Å². The lowest BCUT2D eigenvalue weighted by atomic mass is 10.2. The Kier molecular flexibility index (Phi) is 6.53. The molecular weight excluding hydrogens is 434 g/mol. The standard InChI is InChI=1S/C23H24ClN3O3S/c1-3-30-17-11-7-15(8-12-17)25-23-27(16-9-10-16)22(29)20(31-23)13-21(28)26-19-6-4-5-18(24)14(19)2/h4-8,11-12,16,20H,3,9-10,13H2,1-2H3,(H,26,28). The van der Waals surface area contributed by atoms with Crippen molar-refractivity contribution in [3.05, 3.63) is 53.1 Å². The molecule has 1 atom stereocenters. The van der Waals surface area contributed by atoms with Gasteiger partial charge < -0.3 is 10.1 Å². The van der Waals surface area contributed by atoms with Crippen molar-refractivity contribution in [2.75, 3.05) is 11.9 Å². The summed E-state index contributed by atoms with van der Waals surface area (Å²) in [5.41, 5.74) is 2.22. The van der Waals surface area contributed by atoms with E-state index in [2.05, 4.69) is 5.32 Å². The van der Waals surface area contributed by atoms with Crippen LogP contribution >= 0.6 is 23.4 Å². The van der Waals surface area contributed by atoms with Crippen LogP contribution in [0.25, 0.3) is 0 Å². The van der Waals surface area contributed by atoms with Gasteiger partial charge in [0, 0.05) is 23.2 Å². The first-order valence-corrected chi connectivity index (χ1v) is 11.6. The number of nitrogens with zero attached hydrogens (tertiary/aromatic N) is 2. The summed E-state index contributed by atoms with van der Waals surface area (Å²) in [5.74, 6) is 0.524. The molecular formula is C23H24ClN3O3S. The van der Waals surface area contributed by atoms with Gasteiger partial charge in [0.05, 0.1) is 12.3 Å². The zero-order chi connectivity index (χ0) is 22.0. The van der Waals surface area contributed by atoms with E-state index >= 15 is 0 Å². The predicted octanol–water partition coefficient (Wildman–Crippen LogP) is 5.17.